The van der Waals surface area contributed by atoms with E-state index in [4.69, 9.17) is 4.42 Å². The van der Waals surface area contributed by atoms with Gasteiger partial charge in [-0.25, -0.2) is 4.79 Å². The highest BCUT2D eigenvalue weighted by molar-refractivity contribution is 6.04. The summed E-state index contributed by atoms with van der Waals surface area (Å²) >= 11 is 0. The molecule has 0 radical (unpaired) electrons. The lowest BCUT2D eigenvalue weighted by Gasteiger charge is -2.07. The van der Waals surface area contributed by atoms with Gasteiger partial charge >= 0.3 is 5.63 Å². The zero-order valence-corrected chi connectivity index (χ0v) is 8.27. The van der Waals surface area contributed by atoms with Gasteiger partial charge in [-0.05, 0) is 17.5 Å². The number of fused-ring (bicyclic) bond motifs is 3. The lowest BCUT2D eigenvalue weighted by Crippen LogP contribution is -1.99. The summed E-state index contributed by atoms with van der Waals surface area (Å²) in [6.07, 6.45) is 0. The Labute approximate surface area is 90.6 Å². The first-order valence-corrected chi connectivity index (χ1v) is 4.88. The van der Waals surface area contributed by atoms with Gasteiger partial charge in [0, 0.05) is 5.39 Å². The fourth-order valence-electron chi connectivity index (χ4n) is 1.86. The zero-order valence-electron chi connectivity index (χ0n) is 8.27. The Balaban J connectivity index is 2.66. The standard InChI is InChI=1S/C13H8O3/c14-8-5-6-12-11(7-8)9-3-1-2-4-10(9)13(15)16-12/h1-7,14H/p-1. The summed E-state index contributed by atoms with van der Waals surface area (Å²) in [5.74, 6) is -0.0912. The minimum Gasteiger partial charge on any atom is -0.872 e. The molecule has 0 aliphatic heterocycles. The topological polar surface area (TPSA) is 53.3 Å². The van der Waals surface area contributed by atoms with Crippen LogP contribution in [-0.4, -0.2) is 0 Å². The first-order valence-electron chi connectivity index (χ1n) is 4.88. The van der Waals surface area contributed by atoms with Crippen LogP contribution in [-0.2, 0) is 0 Å². The van der Waals surface area contributed by atoms with E-state index in [1.165, 1.54) is 18.2 Å². The molecule has 0 N–H and O–H groups in total. The van der Waals surface area contributed by atoms with Crippen LogP contribution >= 0.6 is 0 Å². The van der Waals surface area contributed by atoms with Crippen molar-refractivity contribution in [2.45, 2.75) is 0 Å². The highest BCUT2D eigenvalue weighted by Crippen LogP contribution is 2.24. The quantitative estimate of drug-likeness (QED) is 0.422. The van der Waals surface area contributed by atoms with Gasteiger partial charge in [0.2, 0.25) is 0 Å². The van der Waals surface area contributed by atoms with Crippen LogP contribution in [0.2, 0.25) is 0 Å². The molecule has 0 spiro atoms. The Hall–Kier alpha value is -2.29. The fourth-order valence-corrected chi connectivity index (χ4v) is 1.86. The van der Waals surface area contributed by atoms with E-state index in [0.29, 0.717) is 16.4 Å². The van der Waals surface area contributed by atoms with Crippen molar-refractivity contribution in [3.8, 4) is 5.75 Å². The number of benzene rings is 2. The first-order chi connectivity index (χ1) is 7.75. The molecule has 0 bridgehead atoms. The summed E-state index contributed by atoms with van der Waals surface area (Å²) in [5, 5.41) is 13.2. The highest BCUT2D eigenvalue weighted by Gasteiger charge is 2.05. The normalized spacial score (nSPS) is 11.0. The average molecular weight is 211 g/mol. The van der Waals surface area contributed by atoms with E-state index in [2.05, 4.69) is 0 Å². The second-order valence-corrected chi connectivity index (χ2v) is 3.59. The lowest BCUT2D eigenvalue weighted by atomic mass is 10.1. The van der Waals surface area contributed by atoms with E-state index in [-0.39, 0.29) is 11.4 Å². The third-order valence-electron chi connectivity index (χ3n) is 2.59. The van der Waals surface area contributed by atoms with Crippen LogP contribution in [0.15, 0.2) is 51.7 Å². The Bertz CT molecular complexity index is 741. The van der Waals surface area contributed by atoms with Crippen LogP contribution < -0.4 is 10.7 Å². The smallest absolute Gasteiger partial charge is 0.344 e. The van der Waals surface area contributed by atoms with Crippen molar-refractivity contribution in [2.75, 3.05) is 0 Å². The van der Waals surface area contributed by atoms with Crippen molar-refractivity contribution in [3.63, 3.8) is 0 Å². The van der Waals surface area contributed by atoms with Gasteiger partial charge in [0.25, 0.3) is 0 Å². The predicted octanol–water partition coefficient (Wildman–Crippen LogP) is 2.02. The summed E-state index contributed by atoms with van der Waals surface area (Å²) in [6, 6.07) is 11.5. The largest absolute Gasteiger partial charge is 0.872 e. The molecule has 0 aliphatic rings. The van der Waals surface area contributed by atoms with Gasteiger partial charge < -0.3 is 9.52 Å². The van der Waals surface area contributed by atoms with Crippen molar-refractivity contribution in [2.24, 2.45) is 0 Å². The maximum Gasteiger partial charge on any atom is 0.344 e. The van der Waals surface area contributed by atoms with E-state index in [1.54, 1.807) is 12.1 Å². The van der Waals surface area contributed by atoms with Crippen molar-refractivity contribution in [1.82, 2.24) is 0 Å². The van der Waals surface area contributed by atoms with Crippen LogP contribution in [0, 0.1) is 0 Å². The molecule has 3 heteroatoms. The van der Waals surface area contributed by atoms with Crippen molar-refractivity contribution < 1.29 is 9.52 Å². The molecule has 0 saturated heterocycles. The van der Waals surface area contributed by atoms with E-state index >= 15 is 0 Å². The van der Waals surface area contributed by atoms with E-state index in [0.717, 1.165) is 5.39 Å². The third kappa shape index (κ3) is 1.18. The summed E-state index contributed by atoms with van der Waals surface area (Å²) in [5.41, 5.74) is 0.0741. The van der Waals surface area contributed by atoms with E-state index < -0.39 is 0 Å². The average Bonchev–Trinajstić information content (AvgIpc) is 2.31. The molecule has 0 saturated carbocycles. The Morgan fingerprint density at radius 1 is 0.938 bits per heavy atom. The molecule has 0 aliphatic carbocycles. The van der Waals surface area contributed by atoms with Gasteiger partial charge in [-0.15, -0.1) is 5.75 Å². The van der Waals surface area contributed by atoms with Gasteiger partial charge in [0.15, 0.2) is 0 Å². The molecular weight excluding hydrogens is 204 g/mol. The lowest BCUT2D eigenvalue weighted by molar-refractivity contribution is -0.268. The Morgan fingerprint density at radius 2 is 1.69 bits per heavy atom. The number of hydrogen-bond acceptors (Lipinski definition) is 3. The first kappa shape index (κ1) is 8.97. The molecule has 3 nitrogen and oxygen atoms in total. The molecule has 1 aromatic heterocycles. The van der Waals surface area contributed by atoms with Crippen LogP contribution in [0.3, 0.4) is 0 Å². The molecular formula is C13H7O3-. The minimum atomic E-state index is -0.373. The van der Waals surface area contributed by atoms with Crippen molar-refractivity contribution in [3.05, 3.63) is 52.9 Å². The number of hydrogen-bond donors (Lipinski definition) is 0. The molecule has 3 rings (SSSR count). The third-order valence-corrected chi connectivity index (χ3v) is 2.59. The van der Waals surface area contributed by atoms with Gasteiger partial charge in [-0.3, -0.25) is 0 Å². The van der Waals surface area contributed by atoms with Gasteiger partial charge in [-0.1, -0.05) is 30.3 Å². The molecule has 0 fully saturated rings. The maximum absolute atomic E-state index is 11.6. The summed E-state index contributed by atoms with van der Waals surface area (Å²) in [4.78, 5) is 11.6. The molecule has 2 aromatic carbocycles. The fraction of sp³-hybridized carbons (Fsp3) is 0. The van der Waals surface area contributed by atoms with Gasteiger partial charge in [0.05, 0.1) is 5.39 Å². The SMILES string of the molecule is O=c1oc2ccc([O-])cc2c2ccccc12. The van der Waals surface area contributed by atoms with Crippen LogP contribution in [0.5, 0.6) is 5.75 Å². The van der Waals surface area contributed by atoms with Crippen LogP contribution in [0.1, 0.15) is 0 Å². The molecule has 0 atom stereocenters. The molecule has 3 aromatic rings. The Kier molecular flexibility index (Phi) is 1.74. The minimum absolute atomic E-state index is 0.0912. The summed E-state index contributed by atoms with van der Waals surface area (Å²) < 4.78 is 5.14. The molecule has 78 valence electrons. The van der Waals surface area contributed by atoms with E-state index in [9.17, 15) is 9.90 Å². The summed E-state index contributed by atoms with van der Waals surface area (Å²) in [6.45, 7) is 0. The molecule has 0 amide bonds. The maximum atomic E-state index is 11.6. The monoisotopic (exact) mass is 211 g/mol. The predicted molar refractivity (Wildman–Crippen MR) is 59.4 cm³/mol. The van der Waals surface area contributed by atoms with Gasteiger partial charge in [0.1, 0.15) is 5.58 Å². The highest BCUT2D eigenvalue weighted by atomic mass is 16.4. The molecule has 16 heavy (non-hydrogen) atoms. The second-order valence-electron chi connectivity index (χ2n) is 3.59. The molecule has 0 unspecified atom stereocenters. The van der Waals surface area contributed by atoms with E-state index in [1.807, 2.05) is 12.1 Å². The van der Waals surface area contributed by atoms with Crippen LogP contribution in [0.4, 0.5) is 0 Å². The summed E-state index contributed by atoms with van der Waals surface area (Å²) in [7, 11) is 0. The zero-order chi connectivity index (χ0) is 11.1. The second kappa shape index (κ2) is 3.10. The van der Waals surface area contributed by atoms with Crippen molar-refractivity contribution in [1.29, 1.82) is 0 Å². The van der Waals surface area contributed by atoms with Gasteiger partial charge in [-0.2, -0.15) is 0 Å². The van der Waals surface area contributed by atoms with Crippen molar-refractivity contribution >= 4 is 21.7 Å². The Morgan fingerprint density at radius 3 is 2.50 bits per heavy atom. The van der Waals surface area contributed by atoms with Crippen LogP contribution in [0.25, 0.3) is 21.7 Å². The molecule has 1 heterocycles. The number of rotatable bonds is 0.